The fraction of sp³-hybridized carbons (Fsp3) is 0.917. The number of amides is 1. The fourth-order valence-corrected chi connectivity index (χ4v) is 1.90. The van der Waals surface area contributed by atoms with Crippen LogP contribution >= 0.6 is 0 Å². The van der Waals surface area contributed by atoms with Gasteiger partial charge < -0.3 is 15.7 Å². The fourth-order valence-electron chi connectivity index (χ4n) is 1.90. The molecule has 1 aliphatic carbocycles. The van der Waals surface area contributed by atoms with E-state index < -0.39 is 0 Å². The first-order valence-electron chi connectivity index (χ1n) is 6.06. The van der Waals surface area contributed by atoms with Gasteiger partial charge in [0.2, 0.25) is 5.91 Å². The molecule has 1 aliphatic rings. The van der Waals surface area contributed by atoms with Gasteiger partial charge in [-0.2, -0.15) is 0 Å². The Morgan fingerprint density at radius 3 is 2.56 bits per heavy atom. The van der Waals surface area contributed by atoms with Gasteiger partial charge in [-0.15, -0.1) is 0 Å². The van der Waals surface area contributed by atoms with E-state index in [2.05, 4.69) is 10.6 Å². The first-order valence-corrected chi connectivity index (χ1v) is 6.06. The molecule has 4 heteroatoms. The van der Waals surface area contributed by atoms with Gasteiger partial charge in [-0.05, 0) is 46.0 Å². The zero-order chi connectivity index (χ0) is 12.2. The van der Waals surface area contributed by atoms with Gasteiger partial charge in [-0.3, -0.25) is 4.79 Å². The zero-order valence-corrected chi connectivity index (χ0v) is 10.5. The van der Waals surface area contributed by atoms with Crippen LogP contribution in [0.3, 0.4) is 0 Å². The molecule has 2 unspecified atom stereocenters. The van der Waals surface area contributed by atoms with Crippen molar-refractivity contribution in [2.75, 3.05) is 13.1 Å². The van der Waals surface area contributed by atoms with E-state index >= 15 is 0 Å². The van der Waals surface area contributed by atoms with Crippen LogP contribution in [0, 0.1) is 5.92 Å². The summed E-state index contributed by atoms with van der Waals surface area (Å²) in [5.41, 5.74) is -0.0269. The average Bonchev–Trinajstić information content (AvgIpc) is 2.57. The molecular formula is C12H24N2O2. The molecule has 0 bridgehead atoms. The highest BCUT2D eigenvalue weighted by molar-refractivity contribution is 5.78. The first kappa shape index (κ1) is 13.5. The van der Waals surface area contributed by atoms with Crippen molar-refractivity contribution in [3.8, 4) is 0 Å². The topological polar surface area (TPSA) is 61.4 Å². The molecular weight excluding hydrogens is 204 g/mol. The molecule has 16 heavy (non-hydrogen) atoms. The Morgan fingerprint density at radius 1 is 1.38 bits per heavy atom. The summed E-state index contributed by atoms with van der Waals surface area (Å²) in [7, 11) is 0. The van der Waals surface area contributed by atoms with E-state index in [0.717, 1.165) is 19.3 Å². The largest absolute Gasteiger partial charge is 0.393 e. The summed E-state index contributed by atoms with van der Waals surface area (Å²) in [5.74, 6) is 0.491. The van der Waals surface area contributed by atoms with Crippen LogP contribution in [0.5, 0.6) is 0 Å². The van der Waals surface area contributed by atoms with Gasteiger partial charge in [0, 0.05) is 12.1 Å². The van der Waals surface area contributed by atoms with E-state index in [1.54, 1.807) is 0 Å². The van der Waals surface area contributed by atoms with Crippen LogP contribution in [0.4, 0.5) is 0 Å². The Labute approximate surface area is 97.8 Å². The van der Waals surface area contributed by atoms with Crippen LogP contribution in [0.25, 0.3) is 0 Å². The molecule has 0 radical (unpaired) electrons. The molecule has 4 nitrogen and oxygen atoms in total. The van der Waals surface area contributed by atoms with Crippen LogP contribution in [0.1, 0.15) is 40.0 Å². The molecule has 94 valence electrons. The number of aliphatic hydroxyl groups excluding tert-OH is 1. The summed E-state index contributed by atoms with van der Waals surface area (Å²) in [5, 5.41) is 15.4. The number of aliphatic hydroxyl groups is 1. The van der Waals surface area contributed by atoms with E-state index in [9.17, 15) is 9.90 Å². The second-order valence-corrected chi connectivity index (χ2v) is 5.74. The monoisotopic (exact) mass is 228 g/mol. The molecule has 1 amide bonds. The van der Waals surface area contributed by atoms with Crippen LogP contribution in [-0.4, -0.2) is 35.7 Å². The maximum atomic E-state index is 11.5. The summed E-state index contributed by atoms with van der Waals surface area (Å²) in [4.78, 5) is 11.5. The number of rotatable bonds is 4. The van der Waals surface area contributed by atoms with Crippen molar-refractivity contribution in [3.63, 3.8) is 0 Å². The third-order valence-corrected chi connectivity index (χ3v) is 2.88. The summed E-state index contributed by atoms with van der Waals surface area (Å²) < 4.78 is 0. The number of carbonyl (C=O) groups excluding carboxylic acids is 1. The lowest BCUT2D eigenvalue weighted by Gasteiger charge is -2.20. The standard InChI is InChI=1S/C12H24N2O2/c1-12(2,3)14-8-11(16)13-7-9-4-5-10(15)6-9/h9-10,14-15H,4-8H2,1-3H3,(H,13,16). The van der Waals surface area contributed by atoms with Crippen molar-refractivity contribution in [2.24, 2.45) is 5.92 Å². The summed E-state index contributed by atoms with van der Waals surface area (Å²) >= 11 is 0. The van der Waals surface area contributed by atoms with Crippen LogP contribution in [-0.2, 0) is 4.79 Å². The van der Waals surface area contributed by atoms with Crippen molar-refractivity contribution in [3.05, 3.63) is 0 Å². The maximum absolute atomic E-state index is 11.5. The maximum Gasteiger partial charge on any atom is 0.233 e. The highest BCUT2D eigenvalue weighted by Crippen LogP contribution is 2.24. The van der Waals surface area contributed by atoms with Crippen molar-refractivity contribution >= 4 is 5.91 Å². The third kappa shape index (κ3) is 5.47. The number of carbonyl (C=O) groups is 1. The second-order valence-electron chi connectivity index (χ2n) is 5.74. The quantitative estimate of drug-likeness (QED) is 0.662. The molecule has 0 aromatic heterocycles. The number of hydrogen-bond acceptors (Lipinski definition) is 3. The Bertz CT molecular complexity index is 236. The first-order chi connectivity index (χ1) is 7.37. The molecule has 1 saturated carbocycles. The Kier molecular flexibility index (Phi) is 4.74. The number of hydrogen-bond donors (Lipinski definition) is 3. The van der Waals surface area contributed by atoms with Gasteiger partial charge in [0.25, 0.3) is 0 Å². The lowest BCUT2D eigenvalue weighted by atomic mass is 10.1. The molecule has 0 heterocycles. The minimum Gasteiger partial charge on any atom is -0.393 e. The molecule has 0 aliphatic heterocycles. The van der Waals surface area contributed by atoms with Crippen molar-refractivity contribution < 1.29 is 9.90 Å². The molecule has 2 atom stereocenters. The normalized spacial score (nSPS) is 25.8. The number of nitrogens with one attached hydrogen (secondary N) is 2. The van der Waals surface area contributed by atoms with Crippen molar-refractivity contribution in [1.29, 1.82) is 0 Å². The molecule has 1 fully saturated rings. The molecule has 3 N–H and O–H groups in total. The smallest absolute Gasteiger partial charge is 0.233 e. The Balaban J connectivity index is 2.11. The van der Waals surface area contributed by atoms with Gasteiger partial charge in [-0.1, -0.05) is 0 Å². The van der Waals surface area contributed by atoms with Crippen LogP contribution in [0.15, 0.2) is 0 Å². The Hall–Kier alpha value is -0.610. The summed E-state index contributed by atoms with van der Waals surface area (Å²) in [6.45, 7) is 7.16. The van der Waals surface area contributed by atoms with Crippen LogP contribution in [0.2, 0.25) is 0 Å². The van der Waals surface area contributed by atoms with E-state index in [0.29, 0.717) is 19.0 Å². The second kappa shape index (κ2) is 5.64. The van der Waals surface area contributed by atoms with Crippen molar-refractivity contribution in [1.82, 2.24) is 10.6 Å². The molecule has 0 spiro atoms. The average molecular weight is 228 g/mol. The minimum absolute atomic E-state index is 0.0269. The lowest BCUT2D eigenvalue weighted by molar-refractivity contribution is -0.120. The zero-order valence-electron chi connectivity index (χ0n) is 10.5. The van der Waals surface area contributed by atoms with E-state index in [-0.39, 0.29) is 17.6 Å². The third-order valence-electron chi connectivity index (χ3n) is 2.88. The van der Waals surface area contributed by atoms with Gasteiger partial charge in [0.1, 0.15) is 0 Å². The predicted octanol–water partition coefficient (Wildman–Crippen LogP) is 0.652. The highest BCUT2D eigenvalue weighted by atomic mass is 16.3. The summed E-state index contributed by atoms with van der Waals surface area (Å²) in [6, 6.07) is 0. The van der Waals surface area contributed by atoms with E-state index in [1.165, 1.54) is 0 Å². The van der Waals surface area contributed by atoms with Crippen molar-refractivity contribution in [2.45, 2.75) is 51.7 Å². The van der Waals surface area contributed by atoms with Gasteiger partial charge in [0.15, 0.2) is 0 Å². The van der Waals surface area contributed by atoms with Gasteiger partial charge in [-0.25, -0.2) is 0 Å². The molecule has 0 aromatic carbocycles. The lowest BCUT2D eigenvalue weighted by Crippen LogP contribution is -2.44. The Morgan fingerprint density at radius 2 is 2.06 bits per heavy atom. The molecule has 0 saturated heterocycles. The van der Waals surface area contributed by atoms with Gasteiger partial charge >= 0.3 is 0 Å². The van der Waals surface area contributed by atoms with E-state index in [4.69, 9.17) is 0 Å². The molecule has 1 rings (SSSR count). The predicted molar refractivity (Wildman–Crippen MR) is 64.1 cm³/mol. The highest BCUT2D eigenvalue weighted by Gasteiger charge is 2.23. The summed E-state index contributed by atoms with van der Waals surface area (Å²) in [6.07, 6.45) is 2.57. The van der Waals surface area contributed by atoms with Crippen LogP contribution < -0.4 is 10.6 Å². The minimum atomic E-state index is -0.158. The van der Waals surface area contributed by atoms with E-state index in [1.807, 2.05) is 20.8 Å². The SMILES string of the molecule is CC(C)(C)NCC(=O)NCC1CCC(O)C1. The molecule has 0 aromatic rings. The van der Waals surface area contributed by atoms with Gasteiger partial charge in [0.05, 0.1) is 12.6 Å².